The molecule has 1 aromatic carbocycles. The molecule has 0 spiro atoms. The molecule has 31 heavy (non-hydrogen) atoms. The molecule has 1 aliphatic heterocycles. The predicted octanol–water partition coefficient (Wildman–Crippen LogP) is 4.32. The van der Waals surface area contributed by atoms with Gasteiger partial charge in [0.2, 0.25) is 5.91 Å². The normalized spacial score (nSPS) is 15.3. The van der Waals surface area contributed by atoms with Crippen LogP contribution in [-0.2, 0) is 17.9 Å². The fraction of sp³-hybridized carbons (Fsp3) is 0.545. The van der Waals surface area contributed by atoms with Crippen molar-refractivity contribution < 1.29 is 23.0 Å². The minimum Gasteiger partial charge on any atom is -0.490 e. The molecule has 1 fully saturated rings. The van der Waals surface area contributed by atoms with E-state index in [0.29, 0.717) is 13.2 Å². The van der Waals surface area contributed by atoms with Crippen molar-refractivity contribution in [2.75, 3.05) is 26.7 Å². The van der Waals surface area contributed by atoms with Gasteiger partial charge < -0.3 is 14.4 Å². The van der Waals surface area contributed by atoms with E-state index >= 15 is 0 Å². The number of likely N-dealkylation sites (tertiary alicyclic amines) is 1. The van der Waals surface area contributed by atoms with Crippen LogP contribution in [-0.4, -0.2) is 54.0 Å². The van der Waals surface area contributed by atoms with E-state index in [1.54, 1.807) is 42.3 Å². The average Bonchev–Trinajstić information content (AvgIpc) is 3.14. The average molecular weight is 454 g/mol. The summed E-state index contributed by atoms with van der Waals surface area (Å²) >= 11 is 1.66. The SMILES string of the molecule is CCOc1cc(CN(C)C(=O)C2CCN(Cc3csc(C)n3)CC2)ccc1OC(F)F. The standard InChI is InChI=1S/C22H29F2N3O3S/c1-4-29-20-11-16(5-6-19(20)30-22(23)24)12-26(3)21(28)17-7-9-27(10-8-17)13-18-14-31-15(2)25-18/h5-6,11,14,17,22H,4,7-10,12-13H2,1-3H3. The lowest BCUT2D eigenvalue weighted by molar-refractivity contribution is -0.136. The Morgan fingerprint density at radius 3 is 2.68 bits per heavy atom. The smallest absolute Gasteiger partial charge is 0.387 e. The first-order valence-electron chi connectivity index (χ1n) is 10.4. The molecule has 3 rings (SSSR count). The molecule has 1 amide bonds. The van der Waals surface area contributed by atoms with E-state index in [2.05, 4.69) is 20.0 Å². The lowest BCUT2D eigenvalue weighted by Crippen LogP contribution is -2.40. The Balaban J connectivity index is 1.54. The van der Waals surface area contributed by atoms with Crippen LogP contribution < -0.4 is 9.47 Å². The number of piperidine rings is 1. The van der Waals surface area contributed by atoms with Crippen LogP contribution in [0.4, 0.5) is 8.78 Å². The van der Waals surface area contributed by atoms with Crippen LogP contribution in [0, 0.1) is 12.8 Å². The molecule has 0 radical (unpaired) electrons. The van der Waals surface area contributed by atoms with Gasteiger partial charge in [-0.1, -0.05) is 6.07 Å². The molecular weight excluding hydrogens is 424 g/mol. The summed E-state index contributed by atoms with van der Waals surface area (Å²) in [6.07, 6.45) is 1.63. The van der Waals surface area contributed by atoms with Gasteiger partial charge in [0.05, 0.1) is 17.3 Å². The second-order valence-electron chi connectivity index (χ2n) is 7.70. The molecule has 0 atom stereocenters. The molecule has 2 aromatic rings. The maximum absolute atomic E-state index is 12.9. The number of benzene rings is 1. The zero-order valence-corrected chi connectivity index (χ0v) is 19.0. The highest BCUT2D eigenvalue weighted by Gasteiger charge is 2.27. The summed E-state index contributed by atoms with van der Waals surface area (Å²) in [6, 6.07) is 4.80. The Labute approximate surface area is 185 Å². The Bertz CT molecular complexity index is 869. The third kappa shape index (κ3) is 6.61. The highest BCUT2D eigenvalue weighted by Crippen LogP contribution is 2.30. The van der Waals surface area contributed by atoms with Gasteiger partial charge >= 0.3 is 6.61 Å². The maximum atomic E-state index is 12.9. The van der Waals surface area contributed by atoms with Gasteiger partial charge in [-0.3, -0.25) is 9.69 Å². The molecule has 0 saturated carbocycles. The number of halogens is 2. The quantitative estimate of drug-likeness (QED) is 0.566. The number of alkyl halides is 2. The molecule has 1 saturated heterocycles. The van der Waals surface area contributed by atoms with Crippen molar-refractivity contribution in [3.63, 3.8) is 0 Å². The lowest BCUT2D eigenvalue weighted by Gasteiger charge is -2.32. The van der Waals surface area contributed by atoms with Crippen molar-refractivity contribution in [1.29, 1.82) is 0 Å². The Morgan fingerprint density at radius 2 is 2.06 bits per heavy atom. The highest BCUT2D eigenvalue weighted by atomic mass is 32.1. The van der Waals surface area contributed by atoms with E-state index in [-0.39, 0.29) is 23.3 Å². The van der Waals surface area contributed by atoms with Gasteiger partial charge in [0, 0.05) is 31.4 Å². The van der Waals surface area contributed by atoms with Crippen molar-refractivity contribution in [3.05, 3.63) is 39.8 Å². The number of aromatic nitrogens is 1. The van der Waals surface area contributed by atoms with Crippen LogP contribution in [0.25, 0.3) is 0 Å². The molecule has 170 valence electrons. The van der Waals surface area contributed by atoms with Gasteiger partial charge in [-0.15, -0.1) is 11.3 Å². The van der Waals surface area contributed by atoms with Crippen molar-refractivity contribution in [2.45, 2.75) is 46.4 Å². The van der Waals surface area contributed by atoms with Crippen molar-refractivity contribution in [2.24, 2.45) is 5.92 Å². The zero-order chi connectivity index (χ0) is 22.4. The summed E-state index contributed by atoms with van der Waals surface area (Å²) in [5.74, 6) is 0.352. The minimum atomic E-state index is -2.92. The summed E-state index contributed by atoms with van der Waals surface area (Å²) in [6.45, 7) is 4.14. The summed E-state index contributed by atoms with van der Waals surface area (Å²) in [4.78, 5) is 21.5. The first-order chi connectivity index (χ1) is 14.9. The van der Waals surface area contributed by atoms with E-state index in [9.17, 15) is 13.6 Å². The topological polar surface area (TPSA) is 54.9 Å². The van der Waals surface area contributed by atoms with E-state index in [1.807, 2.05) is 6.92 Å². The zero-order valence-electron chi connectivity index (χ0n) is 18.1. The maximum Gasteiger partial charge on any atom is 0.387 e. The predicted molar refractivity (Wildman–Crippen MR) is 116 cm³/mol. The summed E-state index contributed by atoms with van der Waals surface area (Å²) in [5, 5.41) is 3.16. The molecule has 0 aliphatic carbocycles. The highest BCUT2D eigenvalue weighted by molar-refractivity contribution is 7.09. The van der Waals surface area contributed by atoms with Gasteiger partial charge in [0.25, 0.3) is 0 Å². The molecule has 0 N–H and O–H groups in total. The number of hydrogen-bond acceptors (Lipinski definition) is 6. The van der Waals surface area contributed by atoms with Gasteiger partial charge in [0.15, 0.2) is 11.5 Å². The van der Waals surface area contributed by atoms with Crippen molar-refractivity contribution in [1.82, 2.24) is 14.8 Å². The molecule has 1 aliphatic rings. The Kier molecular flexibility index (Phi) is 8.20. The molecule has 0 unspecified atom stereocenters. The Hall–Kier alpha value is -2.26. The molecule has 2 heterocycles. The number of ether oxygens (including phenoxy) is 2. The number of carbonyl (C=O) groups is 1. The van der Waals surface area contributed by atoms with Crippen LogP contribution in [0.1, 0.15) is 36.0 Å². The second kappa shape index (κ2) is 10.9. The summed E-state index contributed by atoms with van der Waals surface area (Å²) in [5.41, 5.74) is 1.89. The van der Waals surface area contributed by atoms with E-state index < -0.39 is 6.61 Å². The van der Waals surface area contributed by atoms with Crippen LogP contribution in [0.3, 0.4) is 0 Å². The number of aryl methyl sites for hydroxylation is 1. The molecule has 9 heteroatoms. The van der Waals surface area contributed by atoms with Crippen LogP contribution >= 0.6 is 11.3 Å². The molecule has 1 aromatic heterocycles. The van der Waals surface area contributed by atoms with Gasteiger partial charge in [0.1, 0.15) is 0 Å². The number of thiazole rings is 1. The third-order valence-corrected chi connectivity index (χ3v) is 6.13. The number of rotatable bonds is 9. The number of hydrogen-bond donors (Lipinski definition) is 0. The minimum absolute atomic E-state index is 0.00254. The second-order valence-corrected chi connectivity index (χ2v) is 8.76. The van der Waals surface area contributed by atoms with Gasteiger partial charge in [-0.25, -0.2) is 4.98 Å². The van der Waals surface area contributed by atoms with Crippen LogP contribution in [0.5, 0.6) is 11.5 Å². The summed E-state index contributed by atoms with van der Waals surface area (Å²) in [7, 11) is 1.77. The Morgan fingerprint density at radius 1 is 1.32 bits per heavy atom. The fourth-order valence-corrected chi connectivity index (χ4v) is 4.43. The molecule has 0 bridgehead atoms. The van der Waals surface area contributed by atoms with Crippen LogP contribution in [0.2, 0.25) is 0 Å². The largest absolute Gasteiger partial charge is 0.490 e. The van der Waals surface area contributed by atoms with E-state index in [0.717, 1.165) is 48.7 Å². The number of carbonyl (C=O) groups excluding carboxylic acids is 1. The molecule has 6 nitrogen and oxygen atoms in total. The van der Waals surface area contributed by atoms with Crippen LogP contribution in [0.15, 0.2) is 23.6 Å². The first kappa shape index (κ1) is 23.4. The van der Waals surface area contributed by atoms with E-state index in [4.69, 9.17) is 4.74 Å². The third-order valence-electron chi connectivity index (χ3n) is 5.31. The monoisotopic (exact) mass is 453 g/mol. The molecular formula is C22H29F2N3O3S. The van der Waals surface area contributed by atoms with E-state index in [1.165, 1.54) is 6.07 Å². The lowest BCUT2D eigenvalue weighted by atomic mass is 9.95. The summed E-state index contributed by atoms with van der Waals surface area (Å²) < 4.78 is 35.1. The number of nitrogens with zero attached hydrogens (tertiary/aromatic N) is 3. The van der Waals surface area contributed by atoms with Gasteiger partial charge in [-0.2, -0.15) is 8.78 Å². The fourth-order valence-electron chi connectivity index (χ4n) is 3.82. The van der Waals surface area contributed by atoms with Crippen molar-refractivity contribution >= 4 is 17.2 Å². The van der Waals surface area contributed by atoms with Crippen molar-refractivity contribution in [3.8, 4) is 11.5 Å². The van der Waals surface area contributed by atoms with Gasteiger partial charge in [-0.05, 0) is 57.5 Å². The first-order valence-corrected chi connectivity index (χ1v) is 11.3. The number of amides is 1.